The van der Waals surface area contributed by atoms with Crippen molar-refractivity contribution in [3.63, 3.8) is 0 Å². The van der Waals surface area contributed by atoms with Gasteiger partial charge in [0, 0.05) is 32.4 Å². The number of H-pyrrole nitrogens is 1. The molecule has 8 nitrogen and oxygen atoms in total. The number of nitrogens with zero attached hydrogens (tertiary/aromatic N) is 4. The molecule has 3 heterocycles. The molecule has 1 aliphatic rings. The minimum absolute atomic E-state index is 0.0540. The van der Waals surface area contributed by atoms with Crippen LogP contribution in [0, 0.1) is 12.7 Å². The van der Waals surface area contributed by atoms with E-state index < -0.39 is 11.9 Å². The number of nitrogens with one attached hydrogen (secondary N) is 1. The first kappa shape index (κ1) is 20.2. The van der Waals surface area contributed by atoms with Crippen molar-refractivity contribution in [2.45, 2.75) is 19.4 Å². The van der Waals surface area contributed by atoms with Gasteiger partial charge >= 0.3 is 0 Å². The highest BCUT2D eigenvalue weighted by Crippen LogP contribution is 2.30. The van der Waals surface area contributed by atoms with Gasteiger partial charge in [-0.2, -0.15) is 0 Å². The van der Waals surface area contributed by atoms with E-state index in [0.717, 1.165) is 18.7 Å². The van der Waals surface area contributed by atoms with E-state index in [1.807, 2.05) is 14.0 Å². The second kappa shape index (κ2) is 8.37. The zero-order valence-electron chi connectivity index (χ0n) is 17.1. The summed E-state index contributed by atoms with van der Waals surface area (Å²) in [5, 5.41) is 0.709. The molecule has 1 aliphatic heterocycles. The van der Waals surface area contributed by atoms with Crippen LogP contribution in [-0.4, -0.2) is 69.9 Å². The van der Waals surface area contributed by atoms with Crippen LogP contribution in [0.15, 0.2) is 30.7 Å². The molecular weight excluding hydrogens is 387 g/mol. The number of benzene rings is 1. The number of aryl methyl sites for hydroxylation is 1. The first-order chi connectivity index (χ1) is 14.4. The minimum atomic E-state index is -0.705. The van der Waals surface area contributed by atoms with Crippen LogP contribution >= 0.6 is 0 Å². The van der Waals surface area contributed by atoms with Gasteiger partial charge in [-0.15, -0.1) is 0 Å². The molecule has 4 rings (SSSR count). The monoisotopic (exact) mass is 412 g/mol. The summed E-state index contributed by atoms with van der Waals surface area (Å²) in [7, 11) is 2.03. The second-order valence-electron chi connectivity index (χ2n) is 7.68. The molecular formula is C21H25FN6O2. The van der Waals surface area contributed by atoms with Gasteiger partial charge in [0.15, 0.2) is 11.6 Å². The molecule has 0 spiro atoms. The standard InChI is InChI=1S/C21H25FN6O2/c1-13-11-24-19-18(13)20(26-12-25-19)30-17-4-3-14(9-15(17)22)10-16(23)21(29)28-7-5-27(2)6-8-28/h3-4,9,11-12,16H,5-8,10,23H2,1-2H3,(H,24,25,26). The Morgan fingerprint density at radius 2 is 2.07 bits per heavy atom. The molecule has 0 saturated carbocycles. The third kappa shape index (κ3) is 4.12. The van der Waals surface area contributed by atoms with Crippen LogP contribution in [0.3, 0.4) is 0 Å². The maximum Gasteiger partial charge on any atom is 0.239 e. The van der Waals surface area contributed by atoms with Gasteiger partial charge in [-0.05, 0) is 43.7 Å². The number of halogens is 1. The zero-order valence-corrected chi connectivity index (χ0v) is 17.1. The van der Waals surface area contributed by atoms with Gasteiger partial charge in [-0.1, -0.05) is 6.07 Å². The Kier molecular flexibility index (Phi) is 5.65. The van der Waals surface area contributed by atoms with E-state index in [1.165, 1.54) is 18.5 Å². The number of ether oxygens (including phenoxy) is 1. The molecule has 2 aromatic heterocycles. The van der Waals surface area contributed by atoms with Crippen LogP contribution in [0.25, 0.3) is 11.0 Å². The quantitative estimate of drug-likeness (QED) is 0.663. The van der Waals surface area contributed by atoms with Crippen LogP contribution in [-0.2, 0) is 11.2 Å². The lowest BCUT2D eigenvalue weighted by atomic mass is 10.0. The summed E-state index contributed by atoms with van der Waals surface area (Å²) < 4.78 is 20.4. The van der Waals surface area contributed by atoms with Gasteiger partial charge in [0.2, 0.25) is 11.8 Å². The van der Waals surface area contributed by atoms with Crippen LogP contribution in [0.4, 0.5) is 4.39 Å². The number of aromatic nitrogens is 3. The number of carbonyl (C=O) groups is 1. The molecule has 0 bridgehead atoms. The van der Waals surface area contributed by atoms with Gasteiger partial charge in [-0.3, -0.25) is 4.79 Å². The minimum Gasteiger partial charge on any atom is -0.435 e. The number of amides is 1. The third-order valence-corrected chi connectivity index (χ3v) is 5.42. The highest BCUT2D eigenvalue weighted by atomic mass is 19.1. The summed E-state index contributed by atoms with van der Waals surface area (Å²) in [5.41, 5.74) is 8.29. The molecule has 1 atom stereocenters. The maximum absolute atomic E-state index is 14.7. The first-order valence-electron chi connectivity index (χ1n) is 9.90. The first-order valence-corrected chi connectivity index (χ1v) is 9.90. The van der Waals surface area contributed by atoms with E-state index >= 15 is 0 Å². The number of hydrogen-bond acceptors (Lipinski definition) is 6. The Labute approximate surface area is 173 Å². The van der Waals surface area contributed by atoms with Gasteiger partial charge in [-0.25, -0.2) is 14.4 Å². The Balaban J connectivity index is 1.45. The third-order valence-electron chi connectivity index (χ3n) is 5.42. The number of aromatic amines is 1. The zero-order chi connectivity index (χ0) is 21.3. The topological polar surface area (TPSA) is 100 Å². The molecule has 30 heavy (non-hydrogen) atoms. The predicted molar refractivity (Wildman–Crippen MR) is 111 cm³/mol. The molecule has 1 amide bonds. The predicted octanol–water partition coefficient (Wildman–Crippen LogP) is 1.84. The summed E-state index contributed by atoms with van der Waals surface area (Å²) in [6, 6.07) is 3.91. The highest BCUT2D eigenvalue weighted by Gasteiger charge is 2.24. The molecule has 1 saturated heterocycles. The Morgan fingerprint density at radius 3 is 2.80 bits per heavy atom. The van der Waals surface area contributed by atoms with Gasteiger partial charge in [0.1, 0.15) is 12.0 Å². The smallest absolute Gasteiger partial charge is 0.239 e. The van der Waals surface area contributed by atoms with Crippen molar-refractivity contribution >= 4 is 16.9 Å². The van der Waals surface area contributed by atoms with Crippen molar-refractivity contribution in [2.24, 2.45) is 5.73 Å². The number of fused-ring (bicyclic) bond motifs is 1. The number of rotatable bonds is 5. The fourth-order valence-electron chi connectivity index (χ4n) is 3.62. The largest absolute Gasteiger partial charge is 0.435 e. The van der Waals surface area contributed by atoms with E-state index in [0.29, 0.717) is 29.7 Å². The van der Waals surface area contributed by atoms with Crippen molar-refractivity contribution in [3.05, 3.63) is 47.7 Å². The number of likely N-dealkylation sites (N-methyl/N-ethyl adjacent to an activating group) is 1. The summed E-state index contributed by atoms with van der Waals surface area (Å²) in [6.07, 6.45) is 3.42. The molecule has 1 fully saturated rings. The summed E-state index contributed by atoms with van der Waals surface area (Å²) in [5.74, 6) is -0.299. The van der Waals surface area contributed by atoms with Crippen LogP contribution in [0.5, 0.6) is 11.6 Å². The lowest BCUT2D eigenvalue weighted by Crippen LogP contribution is -2.52. The fraction of sp³-hybridized carbons (Fsp3) is 0.381. The lowest BCUT2D eigenvalue weighted by Gasteiger charge is -2.33. The van der Waals surface area contributed by atoms with Gasteiger partial charge in [0.05, 0.1) is 11.4 Å². The van der Waals surface area contributed by atoms with Crippen molar-refractivity contribution in [3.8, 4) is 11.6 Å². The molecule has 0 radical (unpaired) electrons. The molecule has 1 aromatic carbocycles. The maximum atomic E-state index is 14.7. The fourth-order valence-corrected chi connectivity index (χ4v) is 3.62. The van der Waals surface area contributed by atoms with Crippen LogP contribution in [0.2, 0.25) is 0 Å². The van der Waals surface area contributed by atoms with Crippen molar-refractivity contribution in [1.29, 1.82) is 0 Å². The molecule has 9 heteroatoms. The normalized spacial score (nSPS) is 16.1. The van der Waals surface area contributed by atoms with Gasteiger partial charge in [0.25, 0.3) is 0 Å². The van der Waals surface area contributed by atoms with Crippen molar-refractivity contribution < 1.29 is 13.9 Å². The Bertz CT molecular complexity index is 1060. The van der Waals surface area contributed by atoms with E-state index in [4.69, 9.17) is 10.5 Å². The number of nitrogens with two attached hydrogens (primary N) is 1. The SMILES string of the molecule is Cc1c[nH]c2ncnc(Oc3ccc(CC(N)C(=O)N4CCN(C)CC4)cc3F)c12. The molecule has 158 valence electrons. The second-order valence-corrected chi connectivity index (χ2v) is 7.68. The number of hydrogen-bond donors (Lipinski definition) is 2. The number of piperazine rings is 1. The Hall–Kier alpha value is -3.04. The highest BCUT2D eigenvalue weighted by molar-refractivity contribution is 5.84. The van der Waals surface area contributed by atoms with Crippen molar-refractivity contribution in [1.82, 2.24) is 24.8 Å². The van der Waals surface area contributed by atoms with Gasteiger partial charge < -0.3 is 25.3 Å². The summed E-state index contributed by atoms with van der Waals surface area (Å²) >= 11 is 0. The molecule has 3 aromatic rings. The Morgan fingerprint density at radius 1 is 1.30 bits per heavy atom. The average molecular weight is 412 g/mol. The molecule has 3 N–H and O–H groups in total. The summed E-state index contributed by atoms with van der Waals surface area (Å²) in [4.78, 5) is 27.8. The number of carbonyl (C=O) groups excluding carboxylic acids is 1. The summed E-state index contributed by atoms with van der Waals surface area (Å²) in [6.45, 7) is 4.88. The van der Waals surface area contributed by atoms with Crippen molar-refractivity contribution in [2.75, 3.05) is 33.2 Å². The van der Waals surface area contributed by atoms with E-state index in [-0.39, 0.29) is 24.0 Å². The van der Waals surface area contributed by atoms with Crippen LogP contribution < -0.4 is 10.5 Å². The van der Waals surface area contributed by atoms with E-state index in [2.05, 4.69) is 19.9 Å². The van der Waals surface area contributed by atoms with E-state index in [1.54, 1.807) is 17.2 Å². The van der Waals surface area contributed by atoms with E-state index in [9.17, 15) is 9.18 Å². The average Bonchev–Trinajstić information content (AvgIpc) is 3.12. The lowest BCUT2D eigenvalue weighted by molar-refractivity contribution is -0.134. The molecule has 0 aliphatic carbocycles. The van der Waals surface area contributed by atoms with Crippen LogP contribution in [0.1, 0.15) is 11.1 Å². The molecule has 1 unspecified atom stereocenters.